The molecule has 5 rings (SSSR count). The summed E-state index contributed by atoms with van der Waals surface area (Å²) in [6.45, 7) is -1.04. The summed E-state index contributed by atoms with van der Waals surface area (Å²) in [6.07, 6.45) is 0.0806. The molecule has 65 heavy (non-hydrogen) atoms. The van der Waals surface area contributed by atoms with Gasteiger partial charge >= 0.3 is 72.7 Å². The van der Waals surface area contributed by atoms with Gasteiger partial charge in [0.2, 0.25) is 11.8 Å². The Kier molecular flexibility index (Phi) is 67.0. The van der Waals surface area contributed by atoms with Gasteiger partial charge in [-0.05, 0) is 66.1 Å². The first kappa shape index (κ1) is 97.1. The summed E-state index contributed by atoms with van der Waals surface area (Å²) in [4.78, 5) is 41.6. The third-order valence-electron chi connectivity index (χ3n) is 6.81. The van der Waals surface area contributed by atoms with Crippen LogP contribution in [-0.2, 0) is 27.4 Å². The van der Waals surface area contributed by atoms with Gasteiger partial charge in [-0.3, -0.25) is 9.42 Å². The number of hydrogen-bond donors (Lipinski definition) is 2. The Labute approximate surface area is 450 Å². The predicted molar refractivity (Wildman–Crippen MR) is 281 cm³/mol. The van der Waals surface area contributed by atoms with Crippen LogP contribution >= 0.6 is 22.3 Å². The summed E-state index contributed by atoms with van der Waals surface area (Å²) >= 11 is 5.50. The van der Waals surface area contributed by atoms with Crippen molar-refractivity contribution in [2.24, 2.45) is 5.10 Å². The summed E-state index contributed by atoms with van der Waals surface area (Å²) in [7, 11) is -9.42. The molecule has 2 N–H and O–H groups in total. The molecule has 0 saturated heterocycles. The Morgan fingerprint density at radius 1 is 0.662 bits per heavy atom. The van der Waals surface area contributed by atoms with Crippen molar-refractivity contribution in [2.45, 2.75) is 124 Å². The molecule has 1 heterocycles. The third-order valence-corrected chi connectivity index (χ3v) is 10.2. The Morgan fingerprint density at radius 2 is 1.05 bits per heavy atom. The number of hydrazone groups is 1. The molecule has 3 unspecified atom stereocenters. The van der Waals surface area contributed by atoms with Gasteiger partial charge in [-0.25, -0.2) is 0 Å². The van der Waals surface area contributed by atoms with E-state index < -0.39 is 41.3 Å². The fourth-order valence-corrected chi connectivity index (χ4v) is 7.24. The molecule has 4 aromatic rings. The van der Waals surface area contributed by atoms with E-state index in [0.717, 1.165) is 27.2 Å². The van der Waals surface area contributed by atoms with E-state index >= 15 is 0 Å². The number of ether oxygens (including phenoxy) is 3. The molecular weight excluding hydrogens is 925 g/mol. The quantitative estimate of drug-likeness (QED) is 0.0538. The molecule has 0 aliphatic carbocycles. The van der Waals surface area contributed by atoms with Crippen molar-refractivity contribution in [2.75, 3.05) is 26.2 Å². The van der Waals surface area contributed by atoms with Crippen LogP contribution in [0.2, 0.25) is 0 Å². The number of rotatable bonds is 14. The van der Waals surface area contributed by atoms with Crippen LogP contribution in [0.25, 0.3) is 11.1 Å². The van der Waals surface area contributed by atoms with Crippen molar-refractivity contribution in [1.82, 2.24) is 9.68 Å². The monoisotopic (exact) mass is 1020 g/mol. The maximum Gasteiger partial charge on any atom is 1.00 e. The van der Waals surface area contributed by atoms with Crippen LogP contribution < -0.4 is 87.6 Å². The zero-order valence-corrected chi connectivity index (χ0v) is 35.0. The van der Waals surface area contributed by atoms with Gasteiger partial charge in [-0.2, -0.15) is 0 Å². The standard InChI is InChI=1S/C31H32N3O10P3S.15CH4.2Na/c1-33(45(48)44-26-16-10-23(11-17-26)18-19-34(21-46(35,36)37)22-47(38,39)40)32-20-24-12-14-25(15-13-24)41-31-42-29-8-4-2-6-27(29)28-7-3-5-9-30(28)43-31;;;;;;;;;;;;;;;;;/h2-17,20,31H,18-19,21-22H2,1H3,(H3-,35,36,37,38,39,40);15*1H4;;/q;;;;;;;;;;;;;;;;2*+1/p-1/b32-20+;;;;;;;;;;;;;;;;;. The molecule has 0 amide bonds. The fraction of sp³-hybridized carbons (Fsp3) is 0.457. The first-order valence-electron chi connectivity index (χ1n) is 14.4. The zero-order valence-electron chi connectivity index (χ0n) is 27.5. The maximum atomic E-state index is 11.2. The van der Waals surface area contributed by atoms with Crippen LogP contribution in [-0.4, -0.2) is 58.3 Å². The summed E-state index contributed by atoms with van der Waals surface area (Å²) in [5, 5.41) is 4.40. The molecule has 1 aliphatic heterocycles. The van der Waals surface area contributed by atoms with Crippen LogP contribution in [0.4, 0.5) is 0 Å². The van der Waals surface area contributed by atoms with Crippen molar-refractivity contribution in [1.29, 1.82) is 0 Å². The third kappa shape index (κ3) is 31.9. The van der Waals surface area contributed by atoms with Crippen LogP contribution in [0, 0.1) is 0 Å². The Bertz CT molecular complexity index is 1800. The fourth-order valence-electron chi connectivity index (χ4n) is 4.64. The second kappa shape index (κ2) is 44.8. The Morgan fingerprint density at radius 3 is 1.45 bits per heavy atom. The van der Waals surface area contributed by atoms with Gasteiger partial charge in [0.1, 0.15) is 32.4 Å². The minimum atomic E-state index is -4.77. The first-order valence-corrected chi connectivity index (χ1v) is 20.1. The van der Waals surface area contributed by atoms with Gasteiger partial charge in [0.05, 0.1) is 25.8 Å². The largest absolute Gasteiger partial charge is 1.00 e. The first-order chi connectivity index (χ1) is 22.8. The number of hydrogen-bond acceptors (Lipinski definition) is 11. The number of fused-ring (bicyclic) bond motifs is 3. The average molecular weight is 1020 g/mol. The molecule has 0 bridgehead atoms. The number of nitrogens with zero attached hydrogens (tertiary/aromatic N) is 3. The molecule has 0 radical (unpaired) electrons. The summed E-state index contributed by atoms with van der Waals surface area (Å²) in [5.41, 5.74) is 3.35. The van der Waals surface area contributed by atoms with Gasteiger partial charge in [-0.15, -0.1) is 5.10 Å². The summed E-state index contributed by atoms with van der Waals surface area (Å²) in [5.74, 6) is 2.31. The molecule has 3 atom stereocenters. The van der Waals surface area contributed by atoms with E-state index in [-0.39, 0.29) is 183 Å². The summed E-state index contributed by atoms with van der Waals surface area (Å²) in [6, 6.07) is 29.3. The van der Waals surface area contributed by atoms with Crippen LogP contribution in [0.1, 0.15) is 123 Å². The van der Waals surface area contributed by atoms with Crippen LogP contribution in [0.3, 0.4) is 0 Å². The number of benzene rings is 4. The van der Waals surface area contributed by atoms with Crippen LogP contribution in [0.5, 0.6) is 23.0 Å². The van der Waals surface area contributed by atoms with Crippen molar-refractivity contribution in [3.05, 3.63) is 108 Å². The van der Waals surface area contributed by atoms with E-state index in [1.807, 2.05) is 60.7 Å². The summed E-state index contributed by atoms with van der Waals surface area (Å²) < 4.78 is 47.9. The topological polar surface area (TPSA) is 176 Å². The molecule has 0 saturated carbocycles. The second-order valence-electron chi connectivity index (χ2n) is 10.6. The number of para-hydroxylation sites is 2. The van der Waals surface area contributed by atoms with E-state index in [1.165, 1.54) is 4.78 Å². The van der Waals surface area contributed by atoms with E-state index in [1.54, 1.807) is 49.7 Å². The van der Waals surface area contributed by atoms with Crippen molar-refractivity contribution in [3.63, 3.8) is 0 Å². The van der Waals surface area contributed by atoms with Gasteiger partial charge in [0, 0.05) is 17.7 Å². The van der Waals surface area contributed by atoms with E-state index in [4.69, 9.17) is 40.3 Å². The Balaban J connectivity index is -0.000000145. The molecular formula is C46H91N3Na2O10P3S+. The van der Waals surface area contributed by atoms with Gasteiger partial charge in [0.25, 0.3) is 0 Å². The molecule has 0 aromatic heterocycles. The van der Waals surface area contributed by atoms with Gasteiger partial charge in [0.15, 0.2) is 5.75 Å². The Hall–Kier alpha value is -1.67. The van der Waals surface area contributed by atoms with Gasteiger partial charge in [-0.1, -0.05) is 165 Å². The van der Waals surface area contributed by atoms with Crippen molar-refractivity contribution >= 4 is 40.3 Å². The van der Waals surface area contributed by atoms with Gasteiger partial charge < -0.3 is 42.9 Å². The molecule has 0 fully saturated rings. The predicted octanol–water partition coefficient (Wildman–Crippen LogP) is 8.01. The zero-order chi connectivity index (χ0) is 34.3. The van der Waals surface area contributed by atoms with Crippen molar-refractivity contribution in [3.8, 4) is 34.1 Å². The maximum absolute atomic E-state index is 11.2. The van der Waals surface area contributed by atoms with E-state index in [0.29, 0.717) is 23.0 Å². The average Bonchev–Trinajstić information content (AvgIpc) is 3.18. The van der Waals surface area contributed by atoms with Crippen molar-refractivity contribution < 1.29 is 107 Å². The molecule has 0 spiro atoms. The van der Waals surface area contributed by atoms with E-state index in [2.05, 4.69) is 5.10 Å². The smallest absolute Gasteiger partial charge is 0.778 e. The molecule has 372 valence electrons. The second-order valence-corrected chi connectivity index (χ2v) is 15.9. The molecule has 4 aromatic carbocycles. The minimum absolute atomic E-state index is 0. The van der Waals surface area contributed by atoms with E-state index in [9.17, 15) is 18.9 Å². The minimum Gasteiger partial charge on any atom is -0.778 e. The molecule has 1 aliphatic rings. The van der Waals surface area contributed by atoms with Crippen LogP contribution in [0.15, 0.2) is 102 Å². The molecule has 13 nitrogen and oxygen atoms in total. The normalized spacial score (nSPS) is 11.5. The molecule has 19 heteroatoms. The SMILES string of the molecule is C.C.C.C.C.C.C.C.C.C.C.C.C.C.C.CN(/N=C/c1ccc(OC2Oc3ccccc3-c3ccccc3O2)cc1)[P+](=S)Oc1ccc(CCN(CP(=O)([O-])O)CP(=O)([O-])O)cc1.[Na+].[Na+].